The minimum atomic E-state index is -0.773. The first kappa shape index (κ1) is 15.1. The number of aromatic nitrogens is 2. The summed E-state index contributed by atoms with van der Waals surface area (Å²) >= 11 is 0. The number of nitrogens with zero attached hydrogens (tertiary/aromatic N) is 2. The van der Waals surface area contributed by atoms with Gasteiger partial charge < -0.3 is 9.47 Å². The highest BCUT2D eigenvalue weighted by Crippen LogP contribution is 2.23. The van der Waals surface area contributed by atoms with E-state index in [1.807, 2.05) is 30.3 Å². The van der Waals surface area contributed by atoms with E-state index in [1.54, 1.807) is 24.0 Å². The molecule has 0 radical (unpaired) electrons. The van der Waals surface area contributed by atoms with Crippen LogP contribution in [0.4, 0.5) is 0 Å². The van der Waals surface area contributed by atoms with Gasteiger partial charge in [0.1, 0.15) is 0 Å². The number of aryl methyl sites for hydroxylation is 1. The Morgan fingerprint density at radius 1 is 1.29 bits per heavy atom. The van der Waals surface area contributed by atoms with Gasteiger partial charge in [0.15, 0.2) is 5.75 Å². The van der Waals surface area contributed by atoms with E-state index in [4.69, 9.17) is 9.47 Å². The molecule has 2 aromatic rings. The quantitative estimate of drug-likeness (QED) is 0.735. The second-order valence-electron chi connectivity index (χ2n) is 4.60. The Morgan fingerprint density at radius 3 is 2.71 bits per heavy atom. The maximum Gasteiger partial charge on any atom is 0.352 e. The molecule has 1 unspecified atom stereocenters. The van der Waals surface area contributed by atoms with Gasteiger partial charge in [-0.15, -0.1) is 0 Å². The Balaban J connectivity index is 2.17. The summed E-state index contributed by atoms with van der Waals surface area (Å²) in [7, 11) is 0. The van der Waals surface area contributed by atoms with Gasteiger partial charge in [-0.3, -0.25) is 4.68 Å². The van der Waals surface area contributed by atoms with Crippen molar-refractivity contribution in [2.24, 2.45) is 0 Å². The van der Waals surface area contributed by atoms with Crippen LogP contribution in [0.15, 0.2) is 42.7 Å². The third-order valence-electron chi connectivity index (χ3n) is 2.92. The lowest BCUT2D eigenvalue weighted by Crippen LogP contribution is -2.21. The van der Waals surface area contributed by atoms with Crippen LogP contribution in [0, 0.1) is 0 Å². The van der Waals surface area contributed by atoms with Crippen molar-refractivity contribution in [1.82, 2.24) is 9.78 Å². The van der Waals surface area contributed by atoms with E-state index < -0.39 is 12.1 Å². The smallest absolute Gasteiger partial charge is 0.352 e. The zero-order chi connectivity index (χ0) is 15.1. The second-order valence-corrected chi connectivity index (χ2v) is 4.60. The first-order chi connectivity index (χ1) is 10.2. The number of hydrogen-bond acceptors (Lipinski definition) is 4. The van der Waals surface area contributed by atoms with Crippen molar-refractivity contribution in [2.45, 2.75) is 32.9 Å². The van der Waals surface area contributed by atoms with E-state index in [-0.39, 0.29) is 0 Å². The molecule has 0 fully saturated rings. The molecule has 0 saturated carbocycles. The van der Waals surface area contributed by atoms with E-state index in [9.17, 15) is 4.79 Å². The lowest BCUT2D eigenvalue weighted by molar-refractivity contribution is -0.151. The zero-order valence-corrected chi connectivity index (χ0v) is 12.4. The number of esters is 1. The van der Waals surface area contributed by atoms with Gasteiger partial charge in [-0.05, 0) is 13.3 Å². The van der Waals surface area contributed by atoms with Crippen molar-refractivity contribution in [3.05, 3.63) is 48.3 Å². The molecule has 112 valence electrons. The number of carbonyl (C=O) groups excluding carboxylic acids is 1. The molecule has 0 N–H and O–H groups in total. The first-order valence-electron chi connectivity index (χ1n) is 7.15. The summed E-state index contributed by atoms with van der Waals surface area (Å²) in [6.45, 7) is 4.99. The van der Waals surface area contributed by atoms with Crippen LogP contribution in [0.5, 0.6) is 5.75 Å². The molecule has 2 rings (SSSR count). The Morgan fingerprint density at radius 2 is 2.05 bits per heavy atom. The van der Waals surface area contributed by atoms with Crippen LogP contribution < -0.4 is 4.74 Å². The van der Waals surface area contributed by atoms with E-state index in [0.29, 0.717) is 12.4 Å². The molecule has 0 aliphatic carbocycles. The van der Waals surface area contributed by atoms with Crippen molar-refractivity contribution < 1.29 is 14.3 Å². The maximum atomic E-state index is 12.1. The number of ether oxygens (including phenoxy) is 2. The summed E-state index contributed by atoms with van der Waals surface area (Å²) in [6.07, 6.45) is 3.62. The van der Waals surface area contributed by atoms with Crippen LogP contribution >= 0.6 is 0 Å². The highest BCUT2D eigenvalue weighted by Gasteiger charge is 2.24. The van der Waals surface area contributed by atoms with Gasteiger partial charge in [0.25, 0.3) is 0 Å². The fourth-order valence-corrected chi connectivity index (χ4v) is 1.99. The predicted octanol–water partition coefficient (Wildman–Crippen LogP) is 2.98. The molecule has 1 heterocycles. The summed E-state index contributed by atoms with van der Waals surface area (Å²) in [5.74, 6) is 0.164. The third-order valence-corrected chi connectivity index (χ3v) is 2.92. The molecule has 0 bridgehead atoms. The predicted molar refractivity (Wildman–Crippen MR) is 79.0 cm³/mol. The monoisotopic (exact) mass is 288 g/mol. The molecule has 0 aliphatic heterocycles. The Kier molecular flexibility index (Phi) is 5.37. The molecule has 21 heavy (non-hydrogen) atoms. The van der Waals surface area contributed by atoms with Crippen LogP contribution in [0.2, 0.25) is 0 Å². The topological polar surface area (TPSA) is 53.4 Å². The average molecular weight is 288 g/mol. The summed E-state index contributed by atoms with van der Waals surface area (Å²) in [5.41, 5.74) is 0.763. The highest BCUT2D eigenvalue weighted by atomic mass is 16.6. The summed E-state index contributed by atoms with van der Waals surface area (Å²) in [5, 5.41) is 4.20. The van der Waals surface area contributed by atoms with Gasteiger partial charge in [0.2, 0.25) is 6.10 Å². The van der Waals surface area contributed by atoms with Crippen molar-refractivity contribution >= 4 is 5.97 Å². The largest absolute Gasteiger partial charge is 0.471 e. The molecule has 1 aromatic carbocycles. The standard InChI is InChI=1S/C16H20N2O3/c1-3-10-18-12-14(11-17-18)21-15(16(19)20-4-2)13-8-6-5-7-9-13/h5-9,11-12,15H,3-4,10H2,1-2H3. The van der Waals surface area contributed by atoms with Gasteiger partial charge >= 0.3 is 5.97 Å². The summed E-state index contributed by atoms with van der Waals surface area (Å²) in [6, 6.07) is 9.32. The summed E-state index contributed by atoms with van der Waals surface area (Å²) < 4.78 is 12.7. The van der Waals surface area contributed by atoms with Crippen molar-refractivity contribution in [2.75, 3.05) is 6.61 Å². The van der Waals surface area contributed by atoms with Gasteiger partial charge in [-0.25, -0.2) is 4.79 Å². The SMILES string of the molecule is CCCn1cc(OC(C(=O)OCC)c2ccccc2)cn1. The molecule has 0 aliphatic rings. The van der Waals surface area contributed by atoms with Crippen LogP contribution in [0.3, 0.4) is 0 Å². The van der Waals surface area contributed by atoms with E-state index >= 15 is 0 Å². The first-order valence-corrected chi connectivity index (χ1v) is 7.15. The Bertz CT molecular complexity index is 566. The maximum absolute atomic E-state index is 12.1. The van der Waals surface area contributed by atoms with E-state index in [2.05, 4.69) is 12.0 Å². The fourth-order valence-electron chi connectivity index (χ4n) is 1.99. The third kappa shape index (κ3) is 4.08. The van der Waals surface area contributed by atoms with Crippen LogP contribution in [0.1, 0.15) is 31.9 Å². The Hall–Kier alpha value is -2.30. The molecule has 5 nitrogen and oxygen atoms in total. The van der Waals surface area contributed by atoms with Gasteiger partial charge in [-0.1, -0.05) is 37.3 Å². The number of carbonyl (C=O) groups is 1. The van der Waals surface area contributed by atoms with Gasteiger partial charge in [0.05, 0.1) is 19.0 Å². The van der Waals surface area contributed by atoms with Crippen molar-refractivity contribution in [3.8, 4) is 5.75 Å². The Labute approximate surface area is 124 Å². The molecule has 1 atom stereocenters. The lowest BCUT2D eigenvalue weighted by atomic mass is 10.1. The molecular weight excluding hydrogens is 268 g/mol. The van der Waals surface area contributed by atoms with Crippen LogP contribution in [-0.4, -0.2) is 22.4 Å². The minimum absolute atomic E-state index is 0.320. The molecule has 0 amide bonds. The molecule has 0 spiro atoms. The van der Waals surface area contributed by atoms with E-state index in [1.165, 1.54) is 0 Å². The number of rotatable bonds is 7. The average Bonchev–Trinajstić information content (AvgIpc) is 2.94. The van der Waals surface area contributed by atoms with Crippen LogP contribution in [-0.2, 0) is 16.1 Å². The fraction of sp³-hybridized carbons (Fsp3) is 0.375. The zero-order valence-electron chi connectivity index (χ0n) is 12.4. The number of hydrogen-bond donors (Lipinski definition) is 0. The van der Waals surface area contributed by atoms with E-state index in [0.717, 1.165) is 18.5 Å². The normalized spacial score (nSPS) is 11.9. The minimum Gasteiger partial charge on any atom is -0.471 e. The second kappa shape index (κ2) is 7.47. The summed E-state index contributed by atoms with van der Waals surface area (Å²) in [4.78, 5) is 12.1. The molecule has 0 saturated heterocycles. The molecule has 1 aromatic heterocycles. The lowest BCUT2D eigenvalue weighted by Gasteiger charge is -2.16. The van der Waals surface area contributed by atoms with Crippen molar-refractivity contribution in [1.29, 1.82) is 0 Å². The van der Waals surface area contributed by atoms with Crippen molar-refractivity contribution in [3.63, 3.8) is 0 Å². The highest BCUT2D eigenvalue weighted by molar-refractivity contribution is 5.77. The van der Waals surface area contributed by atoms with Gasteiger partial charge in [-0.2, -0.15) is 5.10 Å². The van der Waals surface area contributed by atoms with Gasteiger partial charge in [0, 0.05) is 12.1 Å². The molecule has 5 heteroatoms. The van der Waals surface area contributed by atoms with Crippen LogP contribution in [0.25, 0.3) is 0 Å². The number of benzene rings is 1. The molecular formula is C16H20N2O3.